The van der Waals surface area contributed by atoms with Crippen molar-refractivity contribution in [2.24, 2.45) is 0 Å². The number of ether oxygens (including phenoxy) is 2. The van der Waals surface area contributed by atoms with E-state index in [2.05, 4.69) is 45.2 Å². The molecule has 4 rings (SSSR count). The second-order valence-electron chi connectivity index (χ2n) is 6.98. The summed E-state index contributed by atoms with van der Waals surface area (Å²) in [5, 5.41) is 11.3. The number of aryl methyl sites for hydroxylation is 1. The standard InChI is InChI=1S/C24H26N4O3/c1-4-28-19-10-8-7-9-16(19)13-20(28)18-15-23(27-26-18)25-24(29)17-11-12-21(30-5-2)22(14-17)31-6-3/h7-15H,4-6H2,1-3H3,(H2,25,26,27,29). The van der Waals surface area contributed by atoms with Crippen molar-refractivity contribution >= 4 is 22.6 Å². The number of amides is 1. The van der Waals surface area contributed by atoms with Gasteiger partial charge in [0.05, 0.1) is 24.6 Å². The van der Waals surface area contributed by atoms with Crippen LogP contribution >= 0.6 is 0 Å². The van der Waals surface area contributed by atoms with E-state index in [9.17, 15) is 4.79 Å². The number of aromatic nitrogens is 3. The number of H-pyrrole nitrogens is 1. The zero-order valence-corrected chi connectivity index (χ0v) is 17.9. The molecule has 7 nitrogen and oxygen atoms in total. The molecule has 0 bridgehead atoms. The van der Waals surface area contributed by atoms with Crippen molar-refractivity contribution in [3.05, 3.63) is 60.2 Å². The molecule has 1 amide bonds. The summed E-state index contributed by atoms with van der Waals surface area (Å²) in [6, 6.07) is 17.4. The van der Waals surface area contributed by atoms with Gasteiger partial charge in [-0.1, -0.05) is 18.2 Å². The van der Waals surface area contributed by atoms with Crippen LogP contribution in [-0.4, -0.2) is 33.9 Å². The number of carbonyl (C=O) groups excluding carboxylic acids is 1. The Balaban J connectivity index is 1.57. The molecule has 0 saturated heterocycles. The average molecular weight is 418 g/mol. The fraction of sp³-hybridized carbons (Fsp3) is 0.250. The lowest BCUT2D eigenvalue weighted by Crippen LogP contribution is -2.12. The molecule has 0 radical (unpaired) electrons. The van der Waals surface area contributed by atoms with Gasteiger partial charge in [-0.15, -0.1) is 0 Å². The molecule has 0 aliphatic carbocycles. The predicted octanol–water partition coefficient (Wildman–Crippen LogP) is 5.10. The molecule has 2 aromatic heterocycles. The summed E-state index contributed by atoms with van der Waals surface area (Å²) in [6.45, 7) is 7.75. The van der Waals surface area contributed by atoms with Crippen LogP contribution in [0, 0.1) is 0 Å². The van der Waals surface area contributed by atoms with Gasteiger partial charge in [-0.3, -0.25) is 9.89 Å². The summed E-state index contributed by atoms with van der Waals surface area (Å²) < 4.78 is 13.4. The van der Waals surface area contributed by atoms with E-state index >= 15 is 0 Å². The predicted molar refractivity (Wildman–Crippen MR) is 122 cm³/mol. The highest BCUT2D eigenvalue weighted by Gasteiger charge is 2.15. The monoisotopic (exact) mass is 418 g/mol. The number of fused-ring (bicyclic) bond motifs is 1. The highest BCUT2D eigenvalue weighted by molar-refractivity contribution is 6.04. The molecule has 160 valence electrons. The number of hydrogen-bond acceptors (Lipinski definition) is 4. The molecule has 0 aliphatic heterocycles. The van der Waals surface area contributed by atoms with Gasteiger partial charge >= 0.3 is 0 Å². The SMILES string of the molecule is CCOc1ccc(C(=O)Nc2cc(-c3cc4ccccc4n3CC)[nH]n2)cc1OCC. The van der Waals surface area contributed by atoms with Crippen LogP contribution in [0.15, 0.2) is 54.6 Å². The van der Waals surface area contributed by atoms with Gasteiger partial charge in [-0.25, -0.2) is 0 Å². The average Bonchev–Trinajstić information content (AvgIpc) is 3.39. The zero-order valence-electron chi connectivity index (χ0n) is 17.9. The van der Waals surface area contributed by atoms with Crippen molar-refractivity contribution in [3.63, 3.8) is 0 Å². The van der Waals surface area contributed by atoms with E-state index in [0.29, 0.717) is 36.1 Å². The summed E-state index contributed by atoms with van der Waals surface area (Å²) >= 11 is 0. The number of anilines is 1. The van der Waals surface area contributed by atoms with E-state index < -0.39 is 0 Å². The van der Waals surface area contributed by atoms with Crippen LogP contribution < -0.4 is 14.8 Å². The van der Waals surface area contributed by atoms with Gasteiger partial charge in [0.2, 0.25) is 0 Å². The summed E-state index contributed by atoms with van der Waals surface area (Å²) in [5.74, 6) is 1.36. The molecule has 0 saturated carbocycles. The number of aromatic amines is 1. The Kier molecular flexibility index (Phi) is 5.93. The van der Waals surface area contributed by atoms with Crippen molar-refractivity contribution < 1.29 is 14.3 Å². The quantitative estimate of drug-likeness (QED) is 0.417. The Labute approximate surface area is 181 Å². The van der Waals surface area contributed by atoms with Gasteiger partial charge in [0.1, 0.15) is 0 Å². The lowest BCUT2D eigenvalue weighted by atomic mass is 10.2. The molecule has 2 aromatic carbocycles. The topological polar surface area (TPSA) is 81.2 Å². The largest absolute Gasteiger partial charge is 0.490 e. The number of para-hydroxylation sites is 1. The Bertz CT molecular complexity index is 1210. The van der Waals surface area contributed by atoms with Gasteiger partial charge < -0.3 is 19.4 Å². The Hall–Kier alpha value is -3.74. The molecule has 0 atom stereocenters. The van der Waals surface area contributed by atoms with Crippen LogP contribution in [0.25, 0.3) is 22.3 Å². The van der Waals surface area contributed by atoms with E-state index in [1.807, 2.05) is 32.0 Å². The van der Waals surface area contributed by atoms with Gasteiger partial charge in [0, 0.05) is 29.1 Å². The first-order valence-electron chi connectivity index (χ1n) is 10.5. The third-order valence-corrected chi connectivity index (χ3v) is 5.03. The Morgan fingerprint density at radius 1 is 1.00 bits per heavy atom. The Morgan fingerprint density at radius 2 is 1.77 bits per heavy atom. The van der Waals surface area contributed by atoms with Crippen molar-refractivity contribution in [2.45, 2.75) is 27.3 Å². The molecule has 0 aliphatic rings. The van der Waals surface area contributed by atoms with Crippen molar-refractivity contribution in [1.29, 1.82) is 0 Å². The second-order valence-corrected chi connectivity index (χ2v) is 6.98. The highest BCUT2D eigenvalue weighted by atomic mass is 16.5. The number of hydrogen-bond donors (Lipinski definition) is 2. The van der Waals surface area contributed by atoms with Crippen molar-refractivity contribution in [1.82, 2.24) is 14.8 Å². The molecule has 7 heteroatoms. The minimum absolute atomic E-state index is 0.266. The van der Waals surface area contributed by atoms with Gasteiger partial charge in [-0.05, 0) is 51.1 Å². The maximum absolute atomic E-state index is 12.8. The number of rotatable bonds is 8. The number of nitrogens with zero attached hydrogens (tertiary/aromatic N) is 2. The van der Waals surface area contributed by atoms with Gasteiger partial charge in [0.15, 0.2) is 17.3 Å². The first-order chi connectivity index (χ1) is 15.1. The van der Waals surface area contributed by atoms with Crippen molar-refractivity contribution in [3.8, 4) is 22.9 Å². The molecule has 2 heterocycles. The number of carbonyl (C=O) groups is 1. The summed E-state index contributed by atoms with van der Waals surface area (Å²) in [7, 11) is 0. The molecule has 0 unspecified atom stereocenters. The summed E-state index contributed by atoms with van der Waals surface area (Å²) in [4.78, 5) is 12.8. The zero-order chi connectivity index (χ0) is 21.8. The third-order valence-electron chi connectivity index (χ3n) is 5.03. The first-order valence-corrected chi connectivity index (χ1v) is 10.5. The van der Waals surface area contributed by atoms with Crippen LogP contribution in [0.5, 0.6) is 11.5 Å². The summed E-state index contributed by atoms with van der Waals surface area (Å²) in [6.07, 6.45) is 0. The maximum Gasteiger partial charge on any atom is 0.257 e. The van der Waals surface area contributed by atoms with Gasteiger partial charge in [-0.2, -0.15) is 5.10 Å². The van der Waals surface area contributed by atoms with E-state index in [0.717, 1.165) is 28.8 Å². The smallest absolute Gasteiger partial charge is 0.257 e. The second kappa shape index (κ2) is 8.95. The fourth-order valence-corrected chi connectivity index (χ4v) is 3.67. The van der Waals surface area contributed by atoms with Gasteiger partial charge in [0.25, 0.3) is 5.91 Å². The number of benzene rings is 2. The minimum Gasteiger partial charge on any atom is -0.490 e. The Morgan fingerprint density at radius 3 is 2.55 bits per heavy atom. The van der Waals surface area contributed by atoms with Crippen molar-refractivity contribution in [2.75, 3.05) is 18.5 Å². The first kappa shape index (κ1) is 20.5. The van der Waals surface area contributed by atoms with Crippen LogP contribution in [0.2, 0.25) is 0 Å². The maximum atomic E-state index is 12.8. The molecule has 0 fully saturated rings. The van der Waals surface area contributed by atoms with E-state index in [-0.39, 0.29) is 5.91 Å². The lowest BCUT2D eigenvalue weighted by molar-refractivity contribution is 0.102. The molecule has 31 heavy (non-hydrogen) atoms. The van der Waals surface area contributed by atoms with Crippen LogP contribution in [0.1, 0.15) is 31.1 Å². The van der Waals surface area contributed by atoms with Crippen LogP contribution in [0.4, 0.5) is 5.82 Å². The highest BCUT2D eigenvalue weighted by Crippen LogP contribution is 2.30. The van der Waals surface area contributed by atoms with Crippen LogP contribution in [0.3, 0.4) is 0 Å². The summed E-state index contributed by atoms with van der Waals surface area (Å²) in [5.41, 5.74) is 3.50. The third kappa shape index (κ3) is 4.12. The minimum atomic E-state index is -0.266. The molecule has 2 N–H and O–H groups in total. The normalized spacial score (nSPS) is 10.9. The van der Waals surface area contributed by atoms with E-state index in [4.69, 9.17) is 9.47 Å². The molecule has 4 aromatic rings. The fourth-order valence-electron chi connectivity index (χ4n) is 3.67. The van der Waals surface area contributed by atoms with E-state index in [1.54, 1.807) is 18.2 Å². The van der Waals surface area contributed by atoms with E-state index in [1.165, 1.54) is 0 Å². The lowest BCUT2D eigenvalue weighted by Gasteiger charge is -2.12. The molecular formula is C24H26N4O3. The van der Waals surface area contributed by atoms with Crippen LogP contribution in [-0.2, 0) is 6.54 Å². The number of nitrogens with one attached hydrogen (secondary N) is 2. The molecular weight excluding hydrogens is 392 g/mol. The molecule has 0 spiro atoms.